The summed E-state index contributed by atoms with van der Waals surface area (Å²) >= 11 is 7.19. The lowest BCUT2D eigenvalue weighted by Crippen LogP contribution is -2.23. The molecule has 0 bridgehead atoms. The maximum atomic E-state index is 12.7. The number of thiophene rings is 1. The van der Waals surface area contributed by atoms with Gasteiger partial charge in [0.2, 0.25) is 0 Å². The summed E-state index contributed by atoms with van der Waals surface area (Å²) < 4.78 is 0. The van der Waals surface area contributed by atoms with Crippen LogP contribution in [-0.4, -0.2) is 33.9 Å². The number of carbonyl (C=O) groups is 1. The number of hydrogen-bond acceptors (Lipinski definition) is 6. The fourth-order valence-electron chi connectivity index (χ4n) is 2.66. The van der Waals surface area contributed by atoms with Crippen molar-refractivity contribution in [1.82, 2.24) is 15.0 Å². The van der Waals surface area contributed by atoms with Crippen molar-refractivity contribution in [2.75, 3.05) is 23.3 Å². The van der Waals surface area contributed by atoms with Gasteiger partial charge in [-0.25, -0.2) is 15.0 Å². The summed E-state index contributed by atoms with van der Waals surface area (Å²) in [6.07, 6.45) is 3.05. The number of fused-ring (bicyclic) bond motifs is 1. The van der Waals surface area contributed by atoms with E-state index >= 15 is 0 Å². The second-order valence-electron chi connectivity index (χ2n) is 5.42. The second kappa shape index (κ2) is 7.33. The monoisotopic (exact) mass is 375 g/mol. The van der Waals surface area contributed by atoms with Crippen molar-refractivity contribution in [1.29, 1.82) is 0 Å². The van der Waals surface area contributed by atoms with Crippen LogP contribution in [0.1, 0.15) is 29.1 Å². The molecule has 0 saturated carbocycles. The summed E-state index contributed by atoms with van der Waals surface area (Å²) in [6, 6.07) is 3.36. The first-order valence-electron chi connectivity index (χ1n) is 7.97. The molecule has 0 aliphatic rings. The van der Waals surface area contributed by atoms with Crippen molar-refractivity contribution in [2.24, 2.45) is 0 Å². The van der Waals surface area contributed by atoms with Gasteiger partial charge in [0.25, 0.3) is 5.91 Å². The molecule has 0 aromatic carbocycles. The molecule has 0 saturated heterocycles. The van der Waals surface area contributed by atoms with Gasteiger partial charge in [0.05, 0.1) is 15.3 Å². The summed E-state index contributed by atoms with van der Waals surface area (Å²) in [5.41, 5.74) is 0.883. The number of hydrogen-bond donors (Lipinski definition) is 1. The molecule has 0 unspecified atom stereocenters. The van der Waals surface area contributed by atoms with Crippen LogP contribution in [0.5, 0.6) is 0 Å². The fraction of sp³-hybridized carbons (Fsp3) is 0.294. The summed E-state index contributed by atoms with van der Waals surface area (Å²) in [7, 11) is 0. The standard InChI is InChI=1S/C17H18ClN5OS/c1-4-23(5-2)15-13-10(3)14(25-17(13)21-9-20-15)16(24)22-12-7-6-11(18)8-19-12/h6-9H,4-5H2,1-3H3,(H,19,22,24). The molecule has 25 heavy (non-hydrogen) atoms. The zero-order valence-electron chi connectivity index (χ0n) is 14.2. The molecule has 3 rings (SSSR count). The Balaban J connectivity index is 1.99. The van der Waals surface area contributed by atoms with E-state index in [0.717, 1.165) is 34.7 Å². The van der Waals surface area contributed by atoms with E-state index in [2.05, 4.69) is 39.0 Å². The second-order valence-corrected chi connectivity index (χ2v) is 6.86. The van der Waals surface area contributed by atoms with Crippen molar-refractivity contribution in [3.05, 3.63) is 40.1 Å². The molecule has 1 amide bonds. The van der Waals surface area contributed by atoms with E-state index < -0.39 is 0 Å². The topological polar surface area (TPSA) is 71.0 Å². The Morgan fingerprint density at radius 1 is 1.24 bits per heavy atom. The minimum atomic E-state index is -0.208. The summed E-state index contributed by atoms with van der Waals surface area (Å²) in [5, 5.41) is 4.26. The highest BCUT2D eigenvalue weighted by molar-refractivity contribution is 7.20. The fourth-order valence-corrected chi connectivity index (χ4v) is 3.81. The van der Waals surface area contributed by atoms with E-state index in [1.807, 2.05) is 6.92 Å². The van der Waals surface area contributed by atoms with Crippen LogP contribution >= 0.6 is 22.9 Å². The SMILES string of the molecule is CCN(CC)c1ncnc2sc(C(=O)Nc3ccc(Cl)cn3)c(C)c12. The van der Waals surface area contributed by atoms with E-state index in [9.17, 15) is 4.79 Å². The van der Waals surface area contributed by atoms with Gasteiger partial charge in [0, 0.05) is 19.3 Å². The highest BCUT2D eigenvalue weighted by atomic mass is 35.5. The molecule has 0 aliphatic carbocycles. The number of rotatable bonds is 5. The minimum absolute atomic E-state index is 0.208. The maximum absolute atomic E-state index is 12.7. The van der Waals surface area contributed by atoms with Gasteiger partial charge >= 0.3 is 0 Å². The van der Waals surface area contributed by atoms with Crippen LogP contribution in [0.2, 0.25) is 5.02 Å². The first-order valence-corrected chi connectivity index (χ1v) is 9.16. The van der Waals surface area contributed by atoms with Crippen molar-refractivity contribution in [3.63, 3.8) is 0 Å². The molecule has 3 heterocycles. The normalized spacial score (nSPS) is 10.9. The van der Waals surface area contributed by atoms with Crippen molar-refractivity contribution < 1.29 is 4.79 Å². The minimum Gasteiger partial charge on any atom is -0.357 e. The van der Waals surface area contributed by atoms with E-state index in [0.29, 0.717) is 15.7 Å². The molecule has 0 atom stereocenters. The van der Waals surface area contributed by atoms with Crippen molar-refractivity contribution in [3.8, 4) is 0 Å². The Kier molecular flexibility index (Phi) is 5.15. The third-order valence-electron chi connectivity index (χ3n) is 3.95. The zero-order chi connectivity index (χ0) is 18.0. The lowest BCUT2D eigenvalue weighted by molar-refractivity contribution is 0.102. The first kappa shape index (κ1) is 17.6. The number of aryl methyl sites for hydroxylation is 1. The van der Waals surface area contributed by atoms with E-state index in [1.54, 1.807) is 18.5 Å². The molecule has 130 valence electrons. The molecule has 0 spiro atoms. The number of aromatic nitrogens is 3. The highest BCUT2D eigenvalue weighted by Gasteiger charge is 2.21. The average Bonchev–Trinajstić information content (AvgIpc) is 2.96. The van der Waals surface area contributed by atoms with Crippen molar-refractivity contribution in [2.45, 2.75) is 20.8 Å². The lowest BCUT2D eigenvalue weighted by atomic mass is 10.2. The van der Waals surface area contributed by atoms with Crippen LogP contribution in [-0.2, 0) is 0 Å². The number of carbonyl (C=O) groups excluding carboxylic acids is 1. The van der Waals surface area contributed by atoms with Crippen LogP contribution in [0.4, 0.5) is 11.6 Å². The molecule has 0 aliphatic heterocycles. The summed E-state index contributed by atoms with van der Waals surface area (Å²) in [6.45, 7) is 7.78. The number of anilines is 2. The van der Waals surface area contributed by atoms with Crippen LogP contribution in [0, 0.1) is 6.92 Å². The highest BCUT2D eigenvalue weighted by Crippen LogP contribution is 2.35. The van der Waals surface area contributed by atoms with Gasteiger partial charge in [-0.05, 0) is 38.5 Å². The zero-order valence-corrected chi connectivity index (χ0v) is 15.8. The van der Waals surface area contributed by atoms with Crippen molar-refractivity contribution >= 4 is 50.7 Å². The number of pyridine rings is 1. The largest absolute Gasteiger partial charge is 0.357 e. The smallest absolute Gasteiger partial charge is 0.267 e. The van der Waals surface area contributed by atoms with Gasteiger partial charge in [0.1, 0.15) is 22.8 Å². The van der Waals surface area contributed by atoms with Crippen LogP contribution in [0.25, 0.3) is 10.2 Å². The number of nitrogens with one attached hydrogen (secondary N) is 1. The first-order chi connectivity index (χ1) is 12.0. The summed E-state index contributed by atoms with van der Waals surface area (Å²) in [5.74, 6) is 1.12. The number of nitrogens with zero attached hydrogens (tertiary/aromatic N) is 4. The van der Waals surface area contributed by atoms with Crippen LogP contribution in [0.3, 0.4) is 0 Å². The third kappa shape index (κ3) is 3.43. The Bertz CT molecular complexity index is 905. The molecule has 0 radical (unpaired) electrons. The molecule has 8 heteroatoms. The van der Waals surface area contributed by atoms with Gasteiger partial charge in [-0.3, -0.25) is 4.79 Å². The van der Waals surface area contributed by atoms with Crippen LogP contribution < -0.4 is 10.2 Å². The van der Waals surface area contributed by atoms with E-state index in [-0.39, 0.29) is 5.91 Å². The quantitative estimate of drug-likeness (QED) is 0.725. The van der Waals surface area contributed by atoms with Gasteiger partial charge < -0.3 is 10.2 Å². The predicted octanol–water partition coefficient (Wildman–Crippen LogP) is 4.15. The van der Waals surface area contributed by atoms with E-state index in [4.69, 9.17) is 11.6 Å². The Labute approximate surface area is 154 Å². The number of halogens is 1. The van der Waals surface area contributed by atoms with E-state index in [1.165, 1.54) is 17.5 Å². The molecule has 3 aromatic heterocycles. The van der Waals surface area contributed by atoms with Gasteiger partial charge in [0.15, 0.2) is 0 Å². The van der Waals surface area contributed by atoms with Gasteiger partial charge in [-0.1, -0.05) is 11.6 Å². The maximum Gasteiger partial charge on any atom is 0.267 e. The number of amides is 1. The predicted molar refractivity (Wildman–Crippen MR) is 103 cm³/mol. The molecular formula is C17H18ClN5OS. The Hall–Kier alpha value is -2.25. The lowest BCUT2D eigenvalue weighted by Gasteiger charge is -2.20. The summed E-state index contributed by atoms with van der Waals surface area (Å²) in [4.78, 5) is 29.1. The Morgan fingerprint density at radius 2 is 2.00 bits per heavy atom. The molecule has 1 N–H and O–H groups in total. The molecule has 6 nitrogen and oxygen atoms in total. The molecular weight excluding hydrogens is 358 g/mol. The molecule has 3 aromatic rings. The van der Waals surface area contributed by atoms with Crippen LogP contribution in [0.15, 0.2) is 24.7 Å². The molecule has 0 fully saturated rings. The average molecular weight is 376 g/mol. The Morgan fingerprint density at radius 3 is 2.64 bits per heavy atom. The van der Waals surface area contributed by atoms with Gasteiger partial charge in [-0.2, -0.15) is 0 Å². The van der Waals surface area contributed by atoms with Gasteiger partial charge in [-0.15, -0.1) is 11.3 Å². The third-order valence-corrected chi connectivity index (χ3v) is 5.37.